The monoisotopic (exact) mass is 203 g/mol. The third kappa shape index (κ3) is 6.38. The predicted octanol–water partition coefficient (Wildman–Crippen LogP) is -1.23. The van der Waals surface area contributed by atoms with Crippen molar-refractivity contribution in [3.8, 4) is 0 Å². The van der Waals surface area contributed by atoms with Crippen LogP contribution in [0.1, 0.15) is 0 Å². The second-order valence-corrected chi connectivity index (χ2v) is 4.41. The Bertz CT molecular complexity index is 218. The maximum atomic E-state index is 10.5. The molecule has 0 aromatic heterocycles. The molecular formula is C3H7O6S2-. The van der Waals surface area contributed by atoms with Crippen molar-refractivity contribution in [2.75, 3.05) is 19.0 Å². The van der Waals surface area contributed by atoms with E-state index in [0.717, 1.165) is 0 Å². The Morgan fingerprint density at radius 1 is 1.55 bits per heavy atom. The van der Waals surface area contributed by atoms with E-state index >= 15 is 0 Å². The van der Waals surface area contributed by atoms with Gasteiger partial charge < -0.3 is 9.29 Å². The van der Waals surface area contributed by atoms with Crippen LogP contribution in [0.4, 0.5) is 0 Å². The highest BCUT2D eigenvalue weighted by Gasteiger charge is 2.10. The van der Waals surface area contributed by atoms with Gasteiger partial charge in [0.15, 0.2) is 6.79 Å². The lowest BCUT2D eigenvalue weighted by Crippen LogP contribution is -2.15. The normalized spacial score (nSPS) is 14.7. The summed E-state index contributed by atoms with van der Waals surface area (Å²) in [6, 6.07) is 0. The van der Waals surface area contributed by atoms with E-state index in [4.69, 9.17) is 0 Å². The molecule has 0 aliphatic rings. The van der Waals surface area contributed by atoms with E-state index in [1.54, 1.807) is 0 Å². The number of hydrogen-bond donors (Lipinski definition) is 0. The molecule has 0 aromatic carbocycles. The smallest absolute Gasteiger partial charge is 0.280 e. The zero-order valence-corrected chi connectivity index (χ0v) is 7.31. The fraction of sp³-hybridized carbons (Fsp3) is 1.00. The molecule has 0 aromatic rings. The fourth-order valence-electron chi connectivity index (χ4n) is 0.273. The van der Waals surface area contributed by atoms with Crippen molar-refractivity contribution in [3.05, 3.63) is 0 Å². The molecule has 11 heavy (non-hydrogen) atoms. The summed E-state index contributed by atoms with van der Waals surface area (Å²) in [5, 5.41) is -1.05. The van der Waals surface area contributed by atoms with Crippen molar-refractivity contribution in [1.82, 2.24) is 0 Å². The lowest BCUT2D eigenvalue weighted by molar-refractivity contribution is 0.0566. The molecule has 0 saturated heterocycles. The molecule has 1 atom stereocenters. The molecule has 0 bridgehead atoms. The maximum Gasteiger partial charge on any atom is 0.280 e. The van der Waals surface area contributed by atoms with Crippen molar-refractivity contribution in [1.29, 1.82) is 0 Å². The first-order valence-corrected chi connectivity index (χ1v) is 5.22. The van der Waals surface area contributed by atoms with Gasteiger partial charge in [-0.1, -0.05) is 0 Å². The van der Waals surface area contributed by atoms with Crippen LogP contribution < -0.4 is 0 Å². The Morgan fingerprint density at radius 3 is 2.45 bits per heavy atom. The van der Waals surface area contributed by atoms with Crippen LogP contribution in [0, 0.1) is 0 Å². The van der Waals surface area contributed by atoms with Gasteiger partial charge in [0.1, 0.15) is 5.08 Å². The van der Waals surface area contributed by atoms with E-state index in [-0.39, 0.29) is 0 Å². The Balaban J connectivity index is 3.92. The minimum atomic E-state index is -3.98. The topological polar surface area (TPSA) is 92.7 Å². The first kappa shape index (κ1) is 11.0. The minimum Gasteiger partial charge on any atom is -0.772 e. The molecule has 68 valence electrons. The number of ether oxygens (including phenoxy) is 1. The summed E-state index contributed by atoms with van der Waals surface area (Å²) in [7, 11) is -2.75. The Morgan fingerprint density at radius 2 is 2.09 bits per heavy atom. The summed E-state index contributed by atoms with van der Waals surface area (Å²) >= 11 is -2.66. The van der Waals surface area contributed by atoms with Crippen molar-refractivity contribution >= 4 is 21.2 Å². The second kappa shape index (κ2) is 4.78. The third-order valence-electron chi connectivity index (χ3n) is 0.586. The molecule has 0 heterocycles. The first-order valence-electron chi connectivity index (χ1n) is 2.40. The predicted molar refractivity (Wildman–Crippen MR) is 35.7 cm³/mol. The van der Waals surface area contributed by atoms with Gasteiger partial charge in [0.25, 0.3) is 10.1 Å². The molecule has 0 fully saturated rings. The van der Waals surface area contributed by atoms with Crippen LogP contribution in [0.3, 0.4) is 0 Å². The summed E-state index contributed by atoms with van der Waals surface area (Å²) in [5.74, 6) is 0. The molecule has 6 nitrogen and oxygen atoms in total. The lowest BCUT2D eigenvalue weighted by Gasteiger charge is -2.05. The van der Waals surface area contributed by atoms with Gasteiger partial charge in [0, 0.05) is 7.11 Å². The van der Waals surface area contributed by atoms with Crippen LogP contribution in [-0.2, 0) is 30.1 Å². The average molecular weight is 203 g/mol. The van der Waals surface area contributed by atoms with Crippen LogP contribution in [0.5, 0.6) is 0 Å². The van der Waals surface area contributed by atoms with E-state index in [1.165, 1.54) is 7.11 Å². The molecule has 0 spiro atoms. The van der Waals surface area contributed by atoms with Crippen molar-refractivity contribution in [2.45, 2.75) is 0 Å². The molecule has 0 radical (unpaired) electrons. The summed E-state index contributed by atoms with van der Waals surface area (Å²) in [6.45, 7) is -0.473. The zero-order valence-electron chi connectivity index (χ0n) is 5.68. The number of rotatable bonds is 5. The third-order valence-corrected chi connectivity index (χ3v) is 2.97. The fourth-order valence-corrected chi connectivity index (χ4v) is 1.73. The van der Waals surface area contributed by atoms with Crippen LogP contribution >= 0.6 is 0 Å². The largest absolute Gasteiger partial charge is 0.772 e. The summed E-state index contributed by atoms with van der Waals surface area (Å²) < 4.78 is 49.1. The molecule has 0 aliphatic carbocycles. The Hall–Kier alpha value is -0.0200. The highest BCUT2D eigenvalue weighted by molar-refractivity contribution is 8.00. The lowest BCUT2D eigenvalue weighted by atomic mass is 11.4. The molecule has 0 aliphatic heterocycles. The zero-order chi connectivity index (χ0) is 8.91. The van der Waals surface area contributed by atoms with Crippen LogP contribution in [-0.4, -0.2) is 36.2 Å². The van der Waals surface area contributed by atoms with Crippen molar-refractivity contribution < 1.29 is 26.1 Å². The Labute approximate surface area is 66.9 Å². The SMILES string of the molecule is COCOS(=O)(=O)CS(=O)[O-]. The van der Waals surface area contributed by atoms with Gasteiger partial charge in [-0.3, -0.25) is 4.21 Å². The standard InChI is InChI=1S/C3H8O6S2/c1-8-2-9-11(6,7)3-10(4)5/h2-3H2,1H3,(H,4,5)/p-1. The van der Waals surface area contributed by atoms with Gasteiger partial charge in [-0.05, 0) is 11.1 Å². The molecule has 0 N–H and O–H groups in total. The van der Waals surface area contributed by atoms with Crippen molar-refractivity contribution in [3.63, 3.8) is 0 Å². The summed E-state index contributed by atoms with van der Waals surface area (Å²) in [4.78, 5) is 0. The molecule has 0 saturated carbocycles. The Kier molecular flexibility index (Phi) is 4.77. The number of hydrogen-bond acceptors (Lipinski definition) is 6. The van der Waals surface area contributed by atoms with E-state index in [2.05, 4.69) is 8.92 Å². The van der Waals surface area contributed by atoms with Gasteiger partial charge in [-0.15, -0.1) is 0 Å². The number of methoxy groups -OCH3 is 1. The summed E-state index contributed by atoms with van der Waals surface area (Å²) in [6.07, 6.45) is 0. The van der Waals surface area contributed by atoms with E-state index in [0.29, 0.717) is 0 Å². The minimum absolute atomic E-state index is 0.473. The van der Waals surface area contributed by atoms with E-state index < -0.39 is 33.1 Å². The molecule has 8 heteroatoms. The average Bonchev–Trinajstić information content (AvgIpc) is 1.81. The van der Waals surface area contributed by atoms with Crippen LogP contribution in [0.15, 0.2) is 0 Å². The highest BCUT2D eigenvalue weighted by atomic mass is 32.3. The van der Waals surface area contributed by atoms with Gasteiger partial charge in [0.05, 0.1) is 0 Å². The van der Waals surface area contributed by atoms with E-state index in [9.17, 15) is 17.2 Å². The quantitative estimate of drug-likeness (QED) is 0.315. The maximum absolute atomic E-state index is 10.5. The van der Waals surface area contributed by atoms with Gasteiger partial charge in [-0.25, -0.2) is 4.18 Å². The van der Waals surface area contributed by atoms with Crippen LogP contribution in [0.25, 0.3) is 0 Å². The molecular weight excluding hydrogens is 196 g/mol. The molecule has 1 unspecified atom stereocenters. The van der Waals surface area contributed by atoms with E-state index in [1.807, 2.05) is 0 Å². The highest BCUT2D eigenvalue weighted by Crippen LogP contribution is 1.94. The first-order chi connectivity index (χ1) is 4.98. The van der Waals surface area contributed by atoms with Crippen molar-refractivity contribution in [2.24, 2.45) is 0 Å². The summed E-state index contributed by atoms with van der Waals surface area (Å²) in [5.41, 5.74) is 0. The molecule has 0 rings (SSSR count). The second-order valence-electron chi connectivity index (χ2n) is 1.50. The van der Waals surface area contributed by atoms with Crippen LogP contribution in [0.2, 0.25) is 0 Å². The van der Waals surface area contributed by atoms with Gasteiger partial charge in [0.2, 0.25) is 0 Å². The van der Waals surface area contributed by atoms with Gasteiger partial charge in [-0.2, -0.15) is 8.42 Å². The molecule has 0 amide bonds. The van der Waals surface area contributed by atoms with Gasteiger partial charge >= 0.3 is 0 Å².